The maximum Gasteiger partial charge on any atom is 0.167 e. The highest BCUT2D eigenvalue weighted by atomic mass is 35.5. The van der Waals surface area contributed by atoms with Crippen LogP contribution in [0, 0.1) is 11.7 Å². The van der Waals surface area contributed by atoms with E-state index in [9.17, 15) is 4.39 Å². The molecule has 0 fully saturated rings. The third kappa shape index (κ3) is 2.99. The molecule has 0 amide bonds. The number of hydrogen-bond donors (Lipinski definition) is 0. The van der Waals surface area contributed by atoms with Crippen LogP contribution in [0.15, 0.2) is 12.1 Å². The quantitative estimate of drug-likeness (QED) is 0.762. The maximum atomic E-state index is 13.8. The molecule has 4 nitrogen and oxygen atoms in total. The van der Waals surface area contributed by atoms with Crippen LogP contribution < -0.4 is 4.74 Å². The number of imidazole rings is 1. The molecule has 2 rings (SSSR count). The van der Waals surface area contributed by atoms with E-state index in [4.69, 9.17) is 21.1 Å². The van der Waals surface area contributed by atoms with Crippen molar-refractivity contribution in [3.05, 3.63) is 23.8 Å². The minimum absolute atomic E-state index is 0.0731. The molecule has 1 heterocycles. The summed E-state index contributed by atoms with van der Waals surface area (Å²) >= 11 is 6.02. The van der Waals surface area contributed by atoms with Gasteiger partial charge in [-0.15, -0.1) is 11.6 Å². The zero-order chi connectivity index (χ0) is 15.6. The molecule has 0 bridgehead atoms. The van der Waals surface area contributed by atoms with Crippen LogP contribution in [0.3, 0.4) is 0 Å². The van der Waals surface area contributed by atoms with Crippen molar-refractivity contribution in [1.29, 1.82) is 0 Å². The molecule has 6 heteroatoms. The van der Waals surface area contributed by atoms with E-state index >= 15 is 0 Å². The first kappa shape index (κ1) is 16.0. The molecule has 21 heavy (non-hydrogen) atoms. The largest absolute Gasteiger partial charge is 0.494 e. The number of nitrogens with zero attached hydrogens (tertiary/aromatic N) is 2. The standard InChI is InChI=1S/C15H20ClFN2O2/c1-9(2)13(8-20-3)19-12-6-14(21-4)10(17)5-11(12)18-15(19)7-16/h5-6,9,13H,7-8H2,1-4H3. The van der Waals surface area contributed by atoms with Crippen molar-refractivity contribution in [1.82, 2.24) is 9.55 Å². The van der Waals surface area contributed by atoms with Gasteiger partial charge in [0.25, 0.3) is 0 Å². The first-order valence-corrected chi connectivity index (χ1v) is 7.36. The Bertz CT molecular complexity index is 628. The van der Waals surface area contributed by atoms with E-state index in [1.807, 2.05) is 4.57 Å². The highest BCUT2D eigenvalue weighted by molar-refractivity contribution is 6.16. The highest BCUT2D eigenvalue weighted by Crippen LogP contribution is 2.31. The van der Waals surface area contributed by atoms with Gasteiger partial charge in [-0.1, -0.05) is 13.8 Å². The number of rotatable bonds is 6. The van der Waals surface area contributed by atoms with Crippen molar-refractivity contribution < 1.29 is 13.9 Å². The molecule has 0 N–H and O–H groups in total. The summed E-state index contributed by atoms with van der Waals surface area (Å²) < 4.78 is 26.3. The van der Waals surface area contributed by atoms with Crippen molar-refractivity contribution in [2.45, 2.75) is 25.8 Å². The summed E-state index contributed by atoms with van der Waals surface area (Å²) in [6.45, 7) is 4.75. The molecule has 0 spiro atoms. The zero-order valence-corrected chi connectivity index (χ0v) is 13.4. The summed E-state index contributed by atoms with van der Waals surface area (Å²) in [5.41, 5.74) is 1.38. The number of alkyl halides is 1. The highest BCUT2D eigenvalue weighted by Gasteiger charge is 2.23. The zero-order valence-electron chi connectivity index (χ0n) is 12.7. The average molecular weight is 315 g/mol. The fourth-order valence-corrected chi connectivity index (χ4v) is 2.69. The van der Waals surface area contributed by atoms with E-state index in [0.29, 0.717) is 23.9 Å². The minimum Gasteiger partial charge on any atom is -0.494 e. The van der Waals surface area contributed by atoms with E-state index in [1.54, 1.807) is 13.2 Å². The first-order chi connectivity index (χ1) is 10.0. The van der Waals surface area contributed by atoms with Crippen LogP contribution in [0.2, 0.25) is 0 Å². The second-order valence-electron chi connectivity index (χ2n) is 5.27. The van der Waals surface area contributed by atoms with Gasteiger partial charge in [0, 0.05) is 19.2 Å². The molecule has 0 aliphatic heterocycles. The molecular formula is C15H20ClFN2O2. The van der Waals surface area contributed by atoms with Crippen molar-refractivity contribution in [3.8, 4) is 5.75 Å². The predicted octanol–water partition coefficient (Wildman–Crippen LogP) is 3.77. The number of aromatic nitrogens is 2. The van der Waals surface area contributed by atoms with Gasteiger partial charge in [-0.2, -0.15) is 0 Å². The maximum absolute atomic E-state index is 13.8. The van der Waals surface area contributed by atoms with Gasteiger partial charge in [-0.05, 0) is 5.92 Å². The second-order valence-corrected chi connectivity index (χ2v) is 5.54. The number of fused-ring (bicyclic) bond motifs is 1. The number of ether oxygens (including phenoxy) is 2. The normalized spacial score (nSPS) is 13.1. The second kappa shape index (κ2) is 6.62. The van der Waals surface area contributed by atoms with Crippen LogP contribution in [0.5, 0.6) is 5.75 Å². The number of hydrogen-bond acceptors (Lipinski definition) is 3. The summed E-state index contributed by atoms with van der Waals surface area (Å²) in [6.07, 6.45) is 0. The first-order valence-electron chi connectivity index (χ1n) is 6.82. The van der Waals surface area contributed by atoms with Gasteiger partial charge in [0.15, 0.2) is 11.6 Å². The Balaban J connectivity index is 2.69. The van der Waals surface area contributed by atoms with Gasteiger partial charge < -0.3 is 14.0 Å². The van der Waals surface area contributed by atoms with Gasteiger partial charge >= 0.3 is 0 Å². The van der Waals surface area contributed by atoms with Gasteiger partial charge in [0.05, 0.1) is 36.7 Å². The topological polar surface area (TPSA) is 36.3 Å². The van der Waals surface area contributed by atoms with Crippen molar-refractivity contribution in [3.63, 3.8) is 0 Å². The molecule has 0 radical (unpaired) electrons. The SMILES string of the molecule is COCC(C(C)C)n1c(CCl)nc2cc(F)c(OC)cc21. The molecule has 0 saturated carbocycles. The Hall–Kier alpha value is -1.33. The van der Waals surface area contributed by atoms with Crippen LogP contribution in [0.25, 0.3) is 11.0 Å². The lowest BCUT2D eigenvalue weighted by Crippen LogP contribution is -2.22. The van der Waals surface area contributed by atoms with E-state index < -0.39 is 5.82 Å². The van der Waals surface area contributed by atoms with Crippen molar-refractivity contribution in [2.75, 3.05) is 20.8 Å². The lowest BCUT2D eigenvalue weighted by molar-refractivity contribution is 0.134. The third-order valence-corrected chi connectivity index (χ3v) is 3.83. The predicted molar refractivity (Wildman–Crippen MR) is 81.6 cm³/mol. The van der Waals surface area contributed by atoms with E-state index in [2.05, 4.69) is 18.8 Å². The lowest BCUT2D eigenvalue weighted by Gasteiger charge is -2.24. The van der Waals surface area contributed by atoms with Crippen LogP contribution in [0.4, 0.5) is 4.39 Å². The Kier molecular flexibility index (Phi) is 5.06. The van der Waals surface area contributed by atoms with Crippen LogP contribution in [-0.4, -0.2) is 30.4 Å². The van der Waals surface area contributed by atoms with Crippen LogP contribution >= 0.6 is 11.6 Å². The average Bonchev–Trinajstić information content (AvgIpc) is 2.80. The smallest absolute Gasteiger partial charge is 0.167 e. The fourth-order valence-electron chi connectivity index (χ4n) is 2.50. The van der Waals surface area contributed by atoms with E-state index in [-0.39, 0.29) is 17.7 Å². The summed E-state index contributed by atoms with van der Waals surface area (Å²) in [5.74, 6) is 1.05. The fraction of sp³-hybridized carbons (Fsp3) is 0.533. The van der Waals surface area contributed by atoms with Crippen molar-refractivity contribution >= 4 is 22.6 Å². The molecular weight excluding hydrogens is 295 g/mol. The van der Waals surface area contributed by atoms with Gasteiger partial charge in [0.1, 0.15) is 5.82 Å². The summed E-state index contributed by atoms with van der Waals surface area (Å²) in [4.78, 5) is 4.43. The molecule has 116 valence electrons. The molecule has 1 aromatic heterocycles. The molecule has 1 aromatic carbocycles. The molecule has 0 saturated heterocycles. The number of halogens is 2. The summed E-state index contributed by atoms with van der Waals surface area (Å²) in [5, 5.41) is 0. The third-order valence-electron chi connectivity index (χ3n) is 3.59. The van der Waals surface area contributed by atoms with Gasteiger partial charge in [-0.3, -0.25) is 0 Å². The Labute approximate surface area is 128 Å². The Morgan fingerprint density at radius 1 is 1.33 bits per heavy atom. The van der Waals surface area contributed by atoms with E-state index in [1.165, 1.54) is 13.2 Å². The lowest BCUT2D eigenvalue weighted by atomic mass is 10.0. The monoisotopic (exact) mass is 314 g/mol. The molecule has 1 atom stereocenters. The minimum atomic E-state index is -0.427. The van der Waals surface area contributed by atoms with Crippen molar-refractivity contribution in [2.24, 2.45) is 5.92 Å². The Morgan fingerprint density at radius 2 is 2.05 bits per heavy atom. The van der Waals surface area contributed by atoms with Gasteiger partial charge in [0.2, 0.25) is 0 Å². The Morgan fingerprint density at radius 3 is 2.57 bits per heavy atom. The molecule has 0 aliphatic carbocycles. The van der Waals surface area contributed by atoms with Crippen LogP contribution in [0.1, 0.15) is 25.7 Å². The molecule has 1 unspecified atom stereocenters. The molecule has 0 aliphatic rings. The number of benzene rings is 1. The summed E-state index contributed by atoms with van der Waals surface area (Å²) in [6, 6.07) is 3.12. The van der Waals surface area contributed by atoms with Gasteiger partial charge in [-0.25, -0.2) is 9.37 Å². The van der Waals surface area contributed by atoms with Crippen LogP contribution in [-0.2, 0) is 10.6 Å². The number of methoxy groups -OCH3 is 2. The van der Waals surface area contributed by atoms with E-state index in [0.717, 1.165) is 5.52 Å². The summed E-state index contributed by atoms with van der Waals surface area (Å²) in [7, 11) is 3.11. The molecule has 2 aromatic rings.